The fourth-order valence-corrected chi connectivity index (χ4v) is 4.83. The molecule has 0 spiro atoms. The Bertz CT molecular complexity index is 618. The van der Waals surface area contributed by atoms with Crippen LogP contribution in [-0.2, 0) is 9.59 Å². The van der Waals surface area contributed by atoms with Gasteiger partial charge in [-0.2, -0.15) is 11.8 Å². The summed E-state index contributed by atoms with van der Waals surface area (Å²) in [5, 5.41) is 0. The number of likely N-dealkylation sites (tertiary alicyclic amines) is 1. The summed E-state index contributed by atoms with van der Waals surface area (Å²) < 4.78 is 0. The molecule has 2 aliphatic heterocycles. The highest BCUT2D eigenvalue weighted by Gasteiger charge is 2.49. The van der Waals surface area contributed by atoms with Crippen molar-refractivity contribution in [3.8, 4) is 0 Å². The molecule has 3 aliphatic rings. The van der Waals surface area contributed by atoms with Crippen LogP contribution in [0.3, 0.4) is 0 Å². The van der Waals surface area contributed by atoms with E-state index in [2.05, 4.69) is 4.98 Å². The Morgan fingerprint density at radius 1 is 1.17 bits per heavy atom. The van der Waals surface area contributed by atoms with Crippen LogP contribution < -0.4 is 0 Å². The summed E-state index contributed by atoms with van der Waals surface area (Å²) in [6.45, 7) is 2.38. The van der Waals surface area contributed by atoms with Gasteiger partial charge in [-0.15, -0.1) is 0 Å². The number of hydrogen-bond acceptors (Lipinski definition) is 4. The molecule has 2 amide bonds. The molecule has 6 heteroatoms. The topological polar surface area (TPSA) is 53.5 Å². The number of carbonyl (C=O) groups is 2. The van der Waals surface area contributed by atoms with Gasteiger partial charge >= 0.3 is 0 Å². The van der Waals surface area contributed by atoms with Gasteiger partial charge in [-0.3, -0.25) is 14.6 Å². The van der Waals surface area contributed by atoms with E-state index in [0.29, 0.717) is 0 Å². The first-order chi connectivity index (χ1) is 11.8. The molecule has 1 aromatic heterocycles. The molecule has 1 aliphatic carbocycles. The average molecular weight is 345 g/mol. The minimum Gasteiger partial charge on any atom is -0.339 e. The van der Waals surface area contributed by atoms with Gasteiger partial charge in [-0.05, 0) is 36.8 Å². The molecular weight excluding hydrogens is 322 g/mol. The number of pyridine rings is 1. The van der Waals surface area contributed by atoms with E-state index in [9.17, 15) is 9.59 Å². The Kier molecular flexibility index (Phi) is 4.48. The summed E-state index contributed by atoms with van der Waals surface area (Å²) in [5.41, 5.74) is 1.14. The quantitative estimate of drug-likeness (QED) is 0.838. The molecule has 128 valence electrons. The maximum absolute atomic E-state index is 12.9. The standard InChI is InChI=1S/C18H23N3O2S/c22-17(15-11-14(15)13-3-1-5-19-12-13)21-6-2-4-16(21)18(23)20-7-9-24-10-8-20/h1,3,5,12,14-16H,2,4,6-11H2/t14-,15-,16-/m0/s1. The zero-order valence-electron chi connectivity index (χ0n) is 13.8. The smallest absolute Gasteiger partial charge is 0.245 e. The van der Waals surface area contributed by atoms with Gasteiger partial charge < -0.3 is 9.80 Å². The van der Waals surface area contributed by atoms with Crippen molar-refractivity contribution in [1.82, 2.24) is 14.8 Å². The van der Waals surface area contributed by atoms with Crippen LogP contribution in [0.1, 0.15) is 30.7 Å². The monoisotopic (exact) mass is 345 g/mol. The molecule has 3 fully saturated rings. The lowest BCUT2D eigenvalue weighted by atomic mass is 10.1. The van der Waals surface area contributed by atoms with E-state index in [4.69, 9.17) is 0 Å². The van der Waals surface area contributed by atoms with E-state index < -0.39 is 0 Å². The Morgan fingerprint density at radius 2 is 2.00 bits per heavy atom. The third-order valence-corrected chi connectivity index (χ3v) is 6.31. The van der Waals surface area contributed by atoms with Crippen LogP contribution in [0, 0.1) is 5.92 Å². The van der Waals surface area contributed by atoms with Crippen LogP contribution in [0.4, 0.5) is 0 Å². The molecule has 0 bridgehead atoms. The highest BCUT2D eigenvalue weighted by Crippen LogP contribution is 2.48. The van der Waals surface area contributed by atoms with Crippen molar-refractivity contribution in [2.24, 2.45) is 5.92 Å². The van der Waals surface area contributed by atoms with E-state index in [-0.39, 0.29) is 29.7 Å². The lowest BCUT2D eigenvalue weighted by molar-refractivity contribution is -0.144. The van der Waals surface area contributed by atoms with Gasteiger partial charge in [0.2, 0.25) is 11.8 Å². The molecule has 5 nitrogen and oxygen atoms in total. The fraction of sp³-hybridized carbons (Fsp3) is 0.611. The zero-order chi connectivity index (χ0) is 16.5. The summed E-state index contributed by atoms with van der Waals surface area (Å²) >= 11 is 1.90. The predicted molar refractivity (Wildman–Crippen MR) is 93.7 cm³/mol. The van der Waals surface area contributed by atoms with Crippen LogP contribution in [0.25, 0.3) is 0 Å². The number of aromatic nitrogens is 1. The third-order valence-electron chi connectivity index (χ3n) is 5.36. The minimum atomic E-state index is -0.226. The summed E-state index contributed by atoms with van der Waals surface area (Å²) in [6, 6.07) is 3.74. The van der Waals surface area contributed by atoms with Crippen molar-refractivity contribution >= 4 is 23.6 Å². The van der Waals surface area contributed by atoms with Gasteiger partial charge in [-0.1, -0.05) is 6.07 Å². The van der Waals surface area contributed by atoms with Gasteiger partial charge in [0.25, 0.3) is 0 Å². The molecule has 1 aromatic rings. The highest BCUT2D eigenvalue weighted by atomic mass is 32.2. The van der Waals surface area contributed by atoms with Crippen LogP contribution in [-0.4, -0.2) is 63.8 Å². The van der Waals surface area contributed by atoms with Crippen molar-refractivity contribution in [3.05, 3.63) is 30.1 Å². The van der Waals surface area contributed by atoms with Crippen molar-refractivity contribution in [2.45, 2.75) is 31.2 Å². The molecule has 24 heavy (non-hydrogen) atoms. The van der Waals surface area contributed by atoms with E-state index in [0.717, 1.165) is 56.0 Å². The van der Waals surface area contributed by atoms with Gasteiger partial charge in [0.1, 0.15) is 6.04 Å². The fourth-order valence-electron chi connectivity index (χ4n) is 3.93. The molecule has 0 aromatic carbocycles. The predicted octanol–water partition coefficient (Wildman–Crippen LogP) is 1.75. The lowest BCUT2D eigenvalue weighted by Crippen LogP contribution is -2.50. The van der Waals surface area contributed by atoms with Crippen LogP contribution in [0.5, 0.6) is 0 Å². The molecule has 2 saturated heterocycles. The van der Waals surface area contributed by atoms with Gasteiger partial charge in [-0.25, -0.2) is 0 Å². The normalized spacial score (nSPS) is 29.6. The Balaban J connectivity index is 1.41. The molecule has 4 rings (SSSR count). The number of thioether (sulfide) groups is 1. The summed E-state index contributed by atoms with van der Waals surface area (Å²) in [4.78, 5) is 33.7. The first-order valence-electron chi connectivity index (χ1n) is 8.82. The first-order valence-corrected chi connectivity index (χ1v) is 9.98. The Hall–Kier alpha value is -1.56. The number of amides is 2. The molecule has 0 unspecified atom stereocenters. The summed E-state index contributed by atoms with van der Waals surface area (Å²) in [7, 11) is 0. The van der Waals surface area contributed by atoms with Crippen molar-refractivity contribution < 1.29 is 9.59 Å². The largest absolute Gasteiger partial charge is 0.339 e. The molecule has 0 radical (unpaired) electrons. The molecule has 3 heterocycles. The number of carbonyl (C=O) groups excluding carboxylic acids is 2. The molecule has 0 N–H and O–H groups in total. The molecular formula is C18H23N3O2S. The third kappa shape index (κ3) is 3.04. The number of nitrogens with zero attached hydrogens (tertiary/aromatic N) is 3. The van der Waals surface area contributed by atoms with Gasteiger partial charge in [0.05, 0.1) is 0 Å². The summed E-state index contributed by atoms with van der Waals surface area (Å²) in [6.07, 6.45) is 6.26. The van der Waals surface area contributed by atoms with Crippen molar-refractivity contribution in [3.63, 3.8) is 0 Å². The maximum atomic E-state index is 12.9. The van der Waals surface area contributed by atoms with Crippen molar-refractivity contribution in [2.75, 3.05) is 31.1 Å². The molecule has 3 atom stereocenters. The molecule has 1 saturated carbocycles. The van der Waals surface area contributed by atoms with Crippen LogP contribution in [0.15, 0.2) is 24.5 Å². The van der Waals surface area contributed by atoms with E-state index in [1.165, 1.54) is 0 Å². The maximum Gasteiger partial charge on any atom is 0.245 e. The number of rotatable bonds is 3. The Labute approximate surface area is 146 Å². The van der Waals surface area contributed by atoms with Gasteiger partial charge in [0, 0.05) is 49.5 Å². The lowest BCUT2D eigenvalue weighted by Gasteiger charge is -2.32. The second-order valence-corrected chi connectivity index (χ2v) is 8.09. The van der Waals surface area contributed by atoms with Crippen LogP contribution in [0.2, 0.25) is 0 Å². The minimum absolute atomic E-state index is 0.0412. The van der Waals surface area contributed by atoms with E-state index >= 15 is 0 Å². The van der Waals surface area contributed by atoms with E-state index in [1.54, 1.807) is 6.20 Å². The first kappa shape index (κ1) is 15.9. The van der Waals surface area contributed by atoms with Gasteiger partial charge in [0.15, 0.2) is 0 Å². The van der Waals surface area contributed by atoms with E-state index in [1.807, 2.05) is 39.9 Å². The second kappa shape index (κ2) is 6.75. The SMILES string of the molecule is O=C([C@@H]1CCCN1C(=O)[C@H]1C[C@H]1c1cccnc1)N1CCSCC1. The van der Waals surface area contributed by atoms with Crippen LogP contribution >= 0.6 is 11.8 Å². The second-order valence-electron chi connectivity index (χ2n) is 6.86. The number of hydrogen-bond donors (Lipinski definition) is 0. The summed E-state index contributed by atoms with van der Waals surface area (Å²) in [5.74, 6) is 2.69. The highest BCUT2D eigenvalue weighted by molar-refractivity contribution is 7.99. The van der Waals surface area contributed by atoms with Crippen molar-refractivity contribution in [1.29, 1.82) is 0 Å². The Morgan fingerprint density at radius 3 is 2.75 bits per heavy atom. The average Bonchev–Trinajstić information content (AvgIpc) is 3.30. The zero-order valence-corrected chi connectivity index (χ0v) is 14.6.